The Hall–Kier alpha value is -6.09. The normalized spacial score (nSPS) is 29.2. The van der Waals surface area contributed by atoms with Gasteiger partial charge in [0.2, 0.25) is 23.8 Å². The molecule has 12 heterocycles. The van der Waals surface area contributed by atoms with Gasteiger partial charge in [-0.2, -0.15) is 48.2 Å². The van der Waals surface area contributed by atoms with E-state index in [1.807, 2.05) is 0 Å². The van der Waals surface area contributed by atoms with Gasteiger partial charge in [-0.05, 0) is 0 Å². The van der Waals surface area contributed by atoms with Crippen molar-refractivity contribution in [2.45, 2.75) is 85.8 Å². The number of nitrogens with one attached hydrogen (secondary N) is 8. The summed E-state index contributed by atoms with van der Waals surface area (Å²) >= 11 is 21.7. The van der Waals surface area contributed by atoms with Crippen LogP contribution in [0.25, 0.3) is 22.3 Å². The molecule has 0 aliphatic carbocycles. The van der Waals surface area contributed by atoms with Gasteiger partial charge in [0.15, 0.2) is 58.9 Å². The van der Waals surface area contributed by atoms with Crippen molar-refractivity contribution in [3.05, 3.63) is 73.7 Å². The van der Waals surface area contributed by atoms with Crippen LogP contribution in [-0.4, -0.2) is 199 Å². The van der Waals surface area contributed by atoms with E-state index in [1.165, 1.54) is 0 Å². The Kier molecular flexibility index (Phi) is 21.4. The van der Waals surface area contributed by atoms with Crippen LogP contribution in [-0.2, 0) is 138 Å². The molecule has 0 saturated carbocycles. The number of anilines is 8. The van der Waals surface area contributed by atoms with E-state index < -0.39 is 166 Å². The van der Waals surface area contributed by atoms with E-state index in [9.17, 15) is 77.4 Å². The van der Waals surface area contributed by atoms with Gasteiger partial charge < -0.3 is 154 Å². The van der Waals surface area contributed by atoms with Crippen LogP contribution < -0.4 is 66.4 Å². The number of H-pyrrole nitrogens is 4. The van der Waals surface area contributed by atoms with E-state index in [0.717, 1.165) is 21.8 Å². The molecule has 2 saturated heterocycles. The van der Waals surface area contributed by atoms with Gasteiger partial charge in [0.25, 0.3) is 22.2 Å². The second-order valence-electron chi connectivity index (χ2n) is 20.3. The third-order valence-corrected chi connectivity index (χ3v) is 21.4. The molecular weight excluding hydrogens is 1630 g/mol. The molecule has 0 amide bonds. The standard InChI is InChI=1S/2C20H26N10O13P2S2.O.W/c2*21-19-26-13-7(15(33)28-19)24-6-12(47)11(46)5(41-17(6)25-13)2-40-45(37,38)43-44(35,36)39-1-4-9(31)10(32)18(42-4)30-3-23-8-14(30)27-20(22)29-16(8)34;;/h2*3-6,9-10,17-18,24,31-32,46-47H,1-2H2,(H,35,36)(H,37,38)(H3,22,27,29,34)(H4,21,25,26,28,33);;/p-4/t2*4-,5-,6+,9-,10-,17-,18-;;/m11../s1. The summed E-state index contributed by atoms with van der Waals surface area (Å²) in [7, 11) is -21.5. The molecule has 24 N–H and O–H groups in total. The summed E-state index contributed by atoms with van der Waals surface area (Å²) in [6, 6.07) is -1.63. The molecule has 2 fully saturated rings. The fourth-order valence-electron chi connectivity index (χ4n) is 9.79. The number of ether oxygens (including phenoxy) is 4. The second kappa shape index (κ2) is 28.3. The molecule has 0 spiro atoms. The summed E-state index contributed by atoms with van der Waals surface area (Å²) in [4.78, 5) is 122. The van der Waals surface area contributed by atoms with Crippen LogP contribution in [0.1, 0.15) is 12.5 Å². The van der Waals surface area contributed by atoms with Gasteiger partial charge in [0.05, 0.1) is 63.4 Å². The number of phosphoric acid groups is 4. The zero-order valence-corrected chi connectivity index (χ0v) is 56.9. The molecule has 96 heavy (non-hydrogen) atoms. The van der Waals surface area contributed by atoms with Crippen LogP contribution >= 0.6 is 31.3 Å². The molecule has 12 rings (SSSR count). The zero-order valence-electron chi connectivity index (χ0n) is 47.1. The number of imidazole rings is 2. The first kappa shape index (κ1) is 72.6. The molecule has 0 bridgehead atoms. The number of hydrogen-bond acceptors (Lipinski definition) is 41. The number of nitrogens with two attached hydrogens (primary N) is 4. The van der Waals surface area contributed by atoms with Crippen LogP contribution in [0.5, 0.6) is 0 Å². The molecule has 0 radical (unpaired) electrons. The average molecular weight is 1680 g/mol. The van der Waals surface area contributed by atoms with E-state index in [2.05, 4.69) is 79.7 Å². The van der Waals surface area contributed by atoms with Crippen molar-refractivity contribution in [3.8, 4) is 0 Å². The first-order chi connectivity index (χ1) is 45.1. The molecule has 56 heteroatoms. The Morgan fingerprint density at radius 3 is 1.16 bits per heavy atom. The fourth-order valence-corrected chi connectivity index (χ4v) is 15.1. The number of aliphatic hydroxyl groups excluding tert-OH is 4. The third-order valence-electron chi connectivity index (χ3n) is 14.0. The van der Waals surface area contributed by atoms with Gasteiger partial charge in [0, 0.05) is 0 Å². The molecule has 6 aromatic rings. The Labute approximate surface area is 564 Å². The minimum absolute atomic E-state index is 0.0316. The minimum atomic E-state index is -5.39. The van der Waals surface area contributed by atoms with Crippen molar-refractivity contribution in [1.29, 1.82) is 0 Å². The predicted octanol–water partition coefficient (Wildman–Crippen LogP) is -5.77. The van der Waals surface area contributed by atoms with Gasteiger partial charge in [-0.25, -0.2) is 28.2 Å². The van der Waals surface area contributed by atoms with Gasteiger partial charge in [0.1, 0.15) is 48.0 Å². The maximum atomic E-state index is 12.6. The number of phosphoric ester groups is 4. The summed E-state index contributed by atoms with van der Waals surface area (Å²) in [5.74, 6) is -0.790. The van der Waals surface area contributed by atoms with Gasteiger partial charge in [-0.1, -0.05) is 0 Å². The van der Waals surface area contributed by atoms with E-state index in [0.29, 0.717) is 19.8 Å². The number of rotatable bonds is 18. The molecule has 47 nitrogen and oxygen atoms in total. The third kappa shape index (κ3) is 15.4. The predicted molar refractivity (Wildman–Crippen MR) is 324 cm³/mol. The Bertz CT molecular complexity index is 4260. The Morgan fingerprint density at radius 1 is 0.479 bits per heavy atom. The van der Waals surface area contributed by atoms with E-state index >= 15 is 0 Å². The number of aliphatic hydroxyl groups is 4. The zero-order chi connectivity index (χ0) is 70.0. The van der Waals surface area contributed by atoms with Crippen molar-refractivity contribution in [1.82, 2.24) is 59.0 Å². The van der Waals surface area contributed by atoms with E-state index in [4.69, 9.17) is 114 Å². The molecule has 4 unspecified atom stereocenters. The van der Waals surface area contributed by atoms with Gasteiger partial charge >= 0.3 is 54.5 Å². The summed E-state index contributed by atoms with van der Waals surface area (Å²) in [5, 5.41) is 53.4. The van der Waals surface area contributed by atoms with Crippen LogP contribution in [0.4, 0.5) is 46.8 Å². The van der Waals surface area contributed by atoms with Crippen molar-refractivity contribution in [2.75, 3.05) is 70.6 Å². The molecule has 18 atom stereocenters. The Morgan fingerprint density at radius 2 is 0.802 bits per heavy atom. The van der Waals surface area contributed by atoms with Crippen molar-refractivity contribution in [3.63, 3.8) is 0 Å². The van der Waals surface area contributed by atoms with Crippen LogP contribution in [0, 0.1) is 0 Å². The van der Waals surface area contributed by atoms with Crippen LogP contribution in [0.3, 0.4) is 0 Å². The van der Waals surface area contributed by atoms with E-state index in [1.54, 1.807) is 0 Å². The number of aromatic amines is 4. The molecule has 6 aliphatic heterocycles. The van der Waals surface area contributed by atoms with Crippen LogP contribution in [0.15, 0.2) is 51.5 Å². The first-order valence-electron chi connectivity index (χ1n) is 26.4. The first-order valence-corrected chi connectivity index (χ1v) is 35.2. The fraction of sp³-hybridized carbons (Fsp3) is 0.450. The maximum absolute atomic E-state index is 12.6. The summed E-state index contributed by atoms with van der Waals surface area (Å²) in [6.45, 7) is -3.43. The quantitative estimate of drug-likeness (QED) is 0.0282. The average Bonchev–Trinajstić information content (AvgIpc) is 1.30. The summed E-state index contributed by atoms with van der Waals surface area (Å²) in [5.41, 5.74) is 19.4. The van der Waals surface area contributed by atoms with Gasteiger partial charge in [-0.3, -0.25) is 66.3 Å². The van der Waals surface area contributed by atoms with Gasteiger partial charge in [-0.15, -0.1) is 0 Å². The number of nitrogens with zero attached hydrogens (tertiary/aromatic N) is 8. The summed E-state index contributed by atoms with van der Waals surface area (Å²) in [6.07, 6.45) is -14.8. The second-order valence-corrected chi connectivity index (χ2v) is 28.1. The number of nitrogen functional groups attached to an aromatic ring is 4. The Balaban J connectivity index is 0.000000204. The molecule has 0 aromatic carbocycles. The number of aromatic nitrogens is 12. The summed E-state index contributed by atoms with van der Waals surface area (Å²) < 4.78 is 111. The SMILES string of the molecule is Nc1nc2c(c(=O)[nH]1)N[C@H]1C([S-])=C([S-])[C@@H](COP(=O)(O)OP(=O)(O)OC[C@H]3O[C@@H](n4cnc5c(=O)[nH]c(N)nc54)[C@H](O)[C@@H]3O)O[C@H]1N2.Nc1nc2c(c(=O)[nH]1)N[C@H]1C([S-])=C([S-])[C@@H](COP(=O)(O)OP(=O)(O)OC[C@H]3O[C@@H](n4cnc5c(=O)[nH]c(N)nc54)[C@H](O)[C@@H]3O)O[C@H]1N2.[O]=[W]. The topological polar surface area (TPSA) is 710 Å². The van der Waals surface area contributed by atoms with E-state index in [-0.39, 0.29) is 88.8 Å². The molecule has 6 aromatic heterocycles. The number of hydrogen-bond donors (Lipinski definition) is 20. The molecule has 524 valence electrons. The molecular formula is C40H48N20O27P4S4W-4. The number of fused-ring (bicyclic) bond motifs is 6. The molecule has 6 aliphatic rings. The van der Waals surface area contributed by atoms with Crippen molar-refractivity contribution < 1.29 is 127 Å². The van der Waals surface area contributed by atoms with Crippen molar-refractivity contribution >= 4 is 151 Å². The van der Waals surface area contributed by atoms with Crippen LogP contribution in [0.2, 0.25) is 0 Å². The monoisotopic (exact) mass is 1680 g/mol. The van der Waals surface area contributed by atoms with Crippen molar-refractivity contribution in [2.24, 2.45) is 0 Å².